The summed E-state index contributed by atoms with van der Waals surface area (Å²) in [6.45, 7) is 3.04. The zero-order chi connectivity index (χ0) is 17.2. The average molecular weight is 340 g/mol. The van der Waals surface area contributed by atoms with Crippen LogP contribution in [-0.2, 0) is 9.59 Å². The van der Waals surface area contributed by atoms with Crippen molar-refractivity contribution in [3.8, 4) is 5.75 Å². The first-order valence-electron chi connectivity index (χ1n) is 7.08. The van der Waals surface area contributed by atoms with E-state index in [1.54, 1.807) is 26.0 Å². The van der Waals surface area contributed by atoms with Gasteiger partial charge in [-0.05, 0) is 31.5 Å². The molecule has 8 heteroatoms. The van der Waals surface area contributed by atoms with Crippen molar-refractivity contribution in [2.45, 2.75) is 25.8 Å². The molecule has 1 aromatic rings. The van der Waals surface area contributed by atoms with E-state index >= 15 is 0 Å². The first kappa shape index (κ1) is 17.1. The van der Waals surface area contributed by atoms with Crippen LogP contribution in [0.2, 0.25) is 5.02 Å². The van der Waals surface area contributed by atoms with Gasteiger partial charge in [0.25, 0.3) is 5.91 Å². The Morgan fingerprint density at radius 2 is 2.13 bits per heavy atom. The number of urea groups is 1. The smallest absolute Gasteiger partial charge is 0.325 e. The Hall–Kier alpha value is -2.28. The molecule has 1 heterocycles. The summed E-state index contributed by atoms with van der Waals surface area (Å²) >= 11 is 5.89. The van der Waals surface area contributed by atoms with Gasteiger partial charge in [0.05, 0.1) is 12.8 Å². The second-order valence-electron chi connectivity index (χ2n) is 5.40. The molecule has 4 amide bonds. The van der Waals surface area contributed by atoms with Gasteiger partial charge in [-0.15, -0.1) is 0 Å². The molecule has 0 unspecified atom stereocenters. The summed E-state index contributed by atoms with van der Waals surface area (Å²) < 4.78 is 5.13. The molecule has 0 bridgehead atoms. The zero-order valence-corrected chi connectivity index (χ0v) is 13.9. The number of carbonyl (C=O) groups is 3. The number of hydrogen-bond donors (Lipinski definition) is 2. The molecule has 1 saturated heterocycles. The standard InChI is InChI=1S/C15H18ClN3O4/c1-4-15(2)13(21)19(14(22)18-15)8-12(20)17-10-7-9(16)5-6-11(10)23-3/h5-7H,4,8H2,1-3H3,(H,17,20)(H,18,22)/t15-/m1/s1. The Bertz CT molecular complexity index is 664. The van der Waals surface area contributed by atoms with Crippen molar-refractivity contribution in [1.29, 1.82) is 0 Å². The third-order valence-corrected chi connectivity index (χ3v) is 4.02. The summed E-state index contributed by atoms with van der Waals surface area (Å²) in [4.78, 5) is 37.2. The lowest BCUT2D eigenvalue weighted by atomic mass is 9.99. The topological polar surface area (TPSA) is 87.7 Å². The van der Waals surface area contributed by atoms with Crippen LogP contribution in [0.5, 0.6) is 5.75 Å². The lowest BCUT2D eigenvalue weighted by molar-refractivity contribution is -0.133. The maximum absolute atomic E-state index is 12.3. The van der Waals surface area contributed by atoms with Crippen molar-refractivity contribution < 1.29 is 19.1 Å². The number of carbonyl (C=O) groups excluding carboxylic acids is 3. The number of nitrogens with zero attached hydrogens (tertiary/aromatic N) is 1. The van der Waals surface area contributed by atoms with Gasteiger partial charge in [0, 0.05) is 5.02 Å². The number of nitrogens with one attached hydrogen (secondary N) is 2. The van der Waals surface area contributed by atoms with Gasteiger partial charge in [0.15, 0.2) is 0 Å². The van der Waals surface area contributed by atoms with Crippen LogP contribution >= 0.6 is 11.6 Å². The first-order chi connectivity index (χ1) is 10.8. The quantitative estimate of drug-likeness (QED) is 0.803. The fourth-order valence-corrected chi connectivity index (χ4v) is 2.41. The molecule has 1 aliphatic heterocycles. The number of imide groups is 1. The zero-order valence-electron chi connectivity index (χ0n) is 13.1. The summed E-state index contributed by atoms with van der Waals surface area (Å²) in [5.41, 5.74) is -0.596. The molecule has 2 rings (SSSR count). The fourth-order valence-electron chi connectivity index (χ4n) is 2.24. The van der Waals surface area contributed by atoms with Gasteiger partial charge in [-0.25, -0.2) is 4.79 Å². The molecular formula is C15H18ClN3O4. The van der Waals surface area contributed by atoms with E-state index in [2.05, 4.69) is 10.6 Å². The number of halogens is 1. The van der Waals surface area contributed by atoms with Crippen LogP contribution in [0.4, 0.5) is 10.5 Å². The molecule has 0 radical (unpaired) electrons. The lowest BCUT2D eigenvalue weighted by Gasteiger charge is -2.19. The van der Waals surface area contributed by atoms with E-state index in [0.29, 0.717) is 22.9 Å². The summed E-state index contributed by atoms with van der Waals surface area (Å²) in [6, 6.07) is 4.19. The molecule has 1 aliphatic rings. The van der Waals surface area contributed by atoms with E-state index in [9.17, 15) is 14.4 Å². The van der Waals surface area contributed by atoms with Gasteiger partial charge in [-0.2, -0.15) is 0 Å². The van der Waals surface area contributed by atoms with Crippen molar-refractivity contribution in [1.82, 2.24) is 10.2 Å². The van der Waals surface area contributed by atoms with Crippen LogP contribution < -0.4 is 15.4 Å². The van der Waals surface area contributed by atoms with Crippen molar-refractivity contribution in [2.24, 2.45) is 0 Å². The van der Waals surface area contributed by atoms with Gasteiger partial charge in [0.2, 0.25) is 5.91 Å². The summed E-state index contributed by atoms with van der Waals surface area (Å²) in [7, 11) is 1.46. The molecule has 7 nitrogen and oxygen atoms in total. The van der Waals surface area contributed by atoms with Crippen LogP contribution in [0.15, 0.2) is 18.2 Å². The number of hydrogen-bond acceptors (Lipinski definition) is 4. The van der Waals surface area contributed by atoms with Gasteiger partial charge in [-0.1, -0.05) is 18.5 Å². The Morgan fingerprint density at radius 3 is 2.70 bits per heavy atom. The van der Waals surface area contributed by atoms with Crippen LogP contribution in [0.25, 0.3) is 0 Å². The van der Waals surface area contributed by atoms with Crippen molar-refractivity contribution in [2.75, 3.05) is 19.0 Å². The van der Waals surface area contributed by atoms with Crippen molar-refractivity contribution >= 4 is 35.1 Å². The predicted molar refractivity (Wildman–Crippen MR) is 85.6 cm³/mol. The molecule has 2 N–H and O–H groups in total. The molecule has 1 aromatic carbocycles. The molecule has 23 heavy (non-hydrogen) atoms. The molecular weight excluding hydrogens is 322 g/mol. The van der Waals surface area contributed by atoms with Crippen LogP contribution in [0.3, 0.4) is 0 Å². The second kappa shape index (κ2) is 6.45. The van der Waals surface area contributed by atoms with E-state index in [-0.39, 0.29) is 6.54 Å². The van der Waals surface area contributed by atoms with E-state index in [1.165, 1.54) is 13.2 Å². The summed E-state index contributed by atoms with van der Waals surface area (Å²) in [5, 5.41) is 5.61. The first-order valence-corrected chi connectivity index (χ1v) is 7.46. The Labute approximate surface area is 138 Å². The molecule has 1 atom stereocenters. The van der Waals surface area contributed by atoms with Crippen molar-refractivity contribution in [3.05, 3.63) is 23.2 Å². The number of benzene rings is 1. The number of anilines is 1. The minimum absolute atomic E-state index is 0.371. The van der Waals surface area contributed by atoms with Crippen molar-refractivity contribution in [3.63, 3.8) is 0 Å². The number of methoxy groups -OCH3 is 1. The maximum Gasteiger partial charge on any atom is 0.325 e. The highest BCUT2D eigenvalue weighted by Crippen LogP contribution is 2.28. The highest BCUT2D eigenvalue weighted by Gasteiger charge is 2.46. The molecule has 1 fully saturated rings. The summed E-state index contributed by atoms with van der Waals surface area (Å²) in [5.74, 6) is -0.508. The van der Waals surface area contributed by atoms with Crippen LogP contribution in [0, 0.1) is 0 Å². The highest BCUT2D eigenvalue weighted by molar-refractivity contribution is 6.31. The molecule has 0 aromatic heterocycles. The Balaban J connectivity index is 2.10. The SMILES string of the molecule is CC[C@@]1(C)NC(=O)N(CC(=O)Nc2cc(Cl)ccc2OC)C1=O. The summed E-state index contributed by atoms with van der Waals surface area (Å²) in [6.07, 6.45) is 0.442. The minimum Gasteiger partial charge on any atom is -0.495 e. The van der Waals surface area contributed by atoms with Gasteiger partial charge in [0.1, 0.15) is 17.8 Å². The third kappa shape index (κ3) is 3.39. The van der Waals surface area contributed by atoms with E-state index in [4.69, 9.17) is 16.3 Å². The third-order valence-electron chi connectivity index (χ3n) is 3.79. The van der Waals surface area contributed by atoms with Gasteiger partial charge < -0.3 is 15.4 Å². The minimum atomic E-state index is -0.967. The molecule has 124 valence electrons. The number of amides is 4. The van der Waals surface area contributed by atoms with Gasteiger partial charge in [-0.3, -0.25) is 14.5 Å². The fraction of sp³-hybridized carbons (Fsp3) is 0.400. The Kier molecular flexibility index (Phi) is 4.79. The number of ether oxygens (including phenoxy) is 1. The monoisotopic (exact) mass is 339 g/mol. The van der Waals surface area contributed by atoms with E-state index in [1.807, 2.05) is 0 Å². The highest BCUT2D eigenvalue weighted by atomic mass is 35.5. The molecule has 0 spiro atoms. The van der Waals surface area contributed by atoms with Crippen LogP contribution in [-0.4, -0.2) is 41.9 Å². The molecule has 0 aliphatic carbocycles. The second-order valence-corrected chi connectivity index (χ2v) is 5.84. The largest absolute Gasteiger partial charge is 0.495 e. The Morgan fingerprint density at radius 1 is 1.43 bits per heavy atom. The maximum atomic E-state index is 12.3. The lowest BCUT2D eigenvalue weighted by Crippen LogP contribution is -2.44. The van der Waals surface area contributed by atoms with E-state index < -0.39 is 23.4 Å². The molecule has 0 saturated carbocycles. The average Bonchev–Trinajstić information content (AvgIpc) is 2.71. The van der Waals surface area contributed by atoms with Crippen LogP contribution in [0.1, 0.15) is 20.3 Å². The predicted octanol–water partition coefficient (Wildman–Crippen LogP) is 2.01. The van der Waals surface area contributed by atoms with E-state index in [0.717, 1.165) is 4.90 Å². The number of rotatable bonds is 5. The van der Waals surface area contributed by atoms with Gasteiger partial charge >= 0.3 is 6.03 Å². The normalized spacial score (nSPS) is 20.4.